The molecule has 2 saturated carbocycles. The molecule has 4 fully saturated rings. The van der Waals surface area contributed by atoms with Gasteiger partial charge in [0.25, 0.3) is 0 Å². The molecular weight excluding hydrogens is 1300 g/mol. The van der Waals surface area contributed by atoms with Crippen LogP contribution in [0, 0.1) is 47.7 Å². The average Bonchev–Trinajstić information content (AvgIpc) is 0.921. The molecule has 0 radical (unpaired) electrons. The third-order valence-corrected chi connectivity index (χ3v) is 21.8. The zero-order chi connectivity index (χ0) is 71.5. The number of ether oxygens (including phenoxy) is 2. The maximum Gasteiger partial charge on any atom is 0.355 e. The summed E-state index contributed by atoms with van der Waals surface area (Å²) < 4.78 is 30.5. The monoisotopic (exact) mass is 1390 g/mol. The largest absolute Gasteiger partial charge is 0.476 e. The Hall–Kier alpha value is -8.53. The van der Waals surface area contributed by atoms with E-state index in [2.05, 4.69) is 74.1 Å². The van der Waals surface area contributed by atoms with Crippen molar-refractivity contribution in [3.63, 3.8) is 0 Å². The Morgan fingerprint density at radius 3 is 2.37 bits per heavy atom. The number of halogens is 1. The van der Waals surface area contributed by atoms with Crippen LogP contribution in [-0.4, -0.2) is 163 Å². The van der Waals surface area contributed by atoms with Gasteiger partial charge in [0.2, 0.25) is 29.5 Å². The Labute approximate surface area is 587 Å². The van der Waals surface area contributed by atoms with Crippen LogP contribution in [-0.2, 0) is 53.0 Å². The van der Waals surface area contributed by atoms with Gasteiger partial charge in [0.15, 0.2) is 22.5 Å². The lowest BCUT2D eigenvalue weighted by Crippen LogP contribution is -2.56. The smallest absolute Gasteiger partial charge is 0.355 e. The normalized spacial score (nSPS) is 22.2. The molecule has 11 rings (SSSR count). The highest BCUT2D eigenvalue weighted by Crippen LogP contribution is 2.64. The topological polar surface area (TPSA) is 320 Å². The van der Waals surface area contributed by atoms with Crippen LogP contribution >= 0.6 is 11.3 Å². The molecule has 2 bridgehead atoms. The number of pyridine rings is 1. The number of quaternary nitrogens is 1. The van der Waals surface area contributed by atoms with Crippen molar-refractivity contribution in [2.75, 3.05) is 74.6 Å². The summed E-state index contributed by atoms with van der Waals surface area (Å²) >= 11 is 1.33. The quantitative estimate of drug-likeness (QED) is 0.0130. The molecule has 8 N–H and O–H groups in total. The van der Waals surface area contributed by atoms with Crippen molar-refractivity contribution < 1.29 is 57.0 Å². The van der Waals surface area contributed by atoms with Gasteiger partial charge in [-0.25, -0.2) is 23.9 Å². The van der Waals surface area contributed by atoms with E-state index in [0.717, 1.165) is 116 Å². The minimum absolute atomic E-state index is 0.000289. The zero-order valence-corrected chi connectivity index (χ0v) is 59.9. The fourth-order valence-electron chi connectivity index (χ4n) is 17.3. The van der Waals surface area contributed by atoms with Gasteiger partial charge >= 0.3 is 12.0 Å². The summed E-state index contributed by atoms with van der Waals surface area (Å²) in [5.41, 5.74) is 11.0. The van der Waals surface area contributed by atoms with E-state index in [1.54, 1.807) is 33.0 Å². The van der Waals surface area contributed by atoms with Crippen molar-refractivity contribution >= 4 is 91.4 Å². The Bertz CT molecular complexity index is 4060. The summed E-state index contributed by atoms with van der Waals surface area (Å²) in [5, 5.41) is 40.1. The Morgan fingerprint density at radius 1 is 0.880 bits per heavy atom. The standard InChI is InChI=1S/C73H96FN15O10S/c1-44(2)60(82-58(90)24-31-98-32-27-87-59(91)34-45(3)66(87)94)65(93)79-55(15-12-25-76-68(75)97)64(92)78-50-19-16-48(17-20-50)37-89(28-10-11-29-89)30-33-99-72(9)40-71(8)38-70(6,7)39-73(41-71,42-72)43-88-47(5)53(36-77-88)52-21-23-57(81-61(52)67(95)96)86-26-13-14-51-46(4)62(84-85-63(51)86)83-69-80-54-22-18-49(74)35-56(54)100-69/h16-23,35-36,44-45,55,60H,10-15,24-34,37-43H2,1-9H3,(H7-,75,76,78,79,80,82,83,84,90,92,93,95,96,97)/p+1/t45?,55-,60-,71-,72-,73+/m0/s1. The molecule has 2 saturated heterocycles. The first-order valence-corrected chi connectivity index (χ1v) is 36.0. The zero-order valence-electron chi connectivity index (χ0n) is 59.1. The number of nitrogens with one attached hydrogen (secondary N) is 5. The summed E-state index contributed by atoms with van der Waals surface area (Å²) in [6.07, 6.45) is 10.9. The fraction of sp³-hybridized carbons (Fsp3) is 0.562. The molecule has 7 amide bonds. The average molecular weight is 1400 g/mol. The van der Waals surface area contributed by atoms with Gasteiger partial charge in [0, 0.05) is 90.4 Å². The molecule has 27 heteroatoms. The Kier molecular flexibility index (Phi) is 21.8. The lowest BCUT2D eigenvalue weighted by Gasteiger charge is -2.61. The van der Waals surface area contributed by atoms with Crippen LogP contribution in [0.3, 0.4) is 0 Å². The van der Waals surface area contributed by atoms with Crippen LogP contribution in [0.25, 0.3) is 21.3 Å². The molecule has 2 aromatic carbocycles. The second-order valence-electron chi connectivity index (χ2n) is 30.5. The fourth-order valence-corrected chi connectivity index (χ4v) is 18.2. The number of carboxylic acid groups (broad SMARTS) is 1. The van der Waals surface area contributed by atoms with Crippen molar-refractivity contribution in [2.45, 2.75) is 177 Å². The molecule has 536 valence electrons. The van der Waals surface area contributed by atoms with E-state index in [4.69, 9.17) is 25.3 Å². The number of primary amides is 1. The highest BCUT2D eigenvalue weighted by atomic mass is 32.1. The van der Waals surface area contributed by atoms with E-state index in [1.165, 1.54) is 28.4 Å². The first-order chi connectivity index (χ1) is 47.5. The molecule has 0 spiro atoms. The van der Waals surface area contributed by atoms with Crippen LogP contribution in [0.2, 0.25) is 0 Å². The number of aromatic carboxylic acids is 1. The van der Waals surface area contributed by atoms with E-state index in [0.29, 0.717) is 71.0 Å². The van der Waals surface area contributed by atoms with Gasteiger partial charge < -0.3 is 56.3 Å². The van der Waals surface area contributed by atoms with Crippen LogP contribution < -0.4 is 37.2 Å². The first-order valence-electron chi connectivity index (χ1n) is 35.2. The lowest BCUT2D eigenvalue weighted by atomic mass is 9.46. The maximum atomic E-state index is 14.1. The van der Waals surface area contributed by atoms with E-state index in [-0.39, 0.29) is 97.0 Å². The second kappa shape index (κ2) is 30.0. The maximum absolute atomic E-state index is 14.1. The van der Waals surface area contributed by atoms with Crippen LogP contribution in [0.15, 0.2) is 60.8 Å². The van der Waals surface area contributed by atoms with Gasteiger partial charge in [0.05, 0.1) is 61.5 Å². The number of anilines is 5. The van der Waals surface area contributed by atoms with Crippen LogP contribution in [0.1, 0.15) is 158 Å². The van der Waals surface area contributed by atoms with E-state index >= 15 is 0 Å². The number of nitrogens with two attached hydrogens (primary N) is 1. The number of nitrogens with zero attached hydrogens (tertiary/aromatic N) is 9. The molecule has 6 aromatic rings. The predicted molar refractivity (Wildman–Crippen MR) is 378 cm³/mol. The third-order valence-electron chi connectivity index (χ3n) is 20.9. The molecule has 1 unspecified atom stereocenters. The minimum Gasteiger partial charge on any atom is -0.476 e. The molecule has 25 nitrogen and oxygen atoms in total. The molecule has 4 aromatic heterocycles. The number of benzene rings is 2. The van der Waals surface area contributed by atoms with Crippen molar-refractivity contribution in [2.24, 2.45) is 33.8 Å². The number of likely N-dealkylation sites (tertiary alicyclic amines) is 2. The van der Waals surface area contributed by atoms with Gasteiger partial charge in [-0.3, -0.25) is 33.6 Å². The Morgan fingerprint density at radius 2 is 1.65 bits per heavy atom. The Balaban J connectivity index is 0.715. The number of carboxylic acids is 1. The number of fused-ring (bicyclic) bond motifs is 4. The number of hydrogen-bond acceptors (Lipinski definition) is 17. The SMILES string of the molecule is Cc1c(Nc2nc3ccc(F)cc3s2)nnc2c1CCCN2c1ccc(-c2cnn(C[C@]34CC(C)(C)C[C@](C)(C3)C[C@](C)(OCC[N+]3(Cc5ccc(NC(=O)[C@H](CCCNC(N)=O)NC(=O)[C@@H](NC(=O)CCOCCN6C(=O)CC(C)C6=O)C(C)C)cc5)CCCC3)C4)c2C)c(C(=O)O)n1. The van der Waals surface area contributed by atoms with Crippen LogP contribution in [0.4, 0.5) is 37.5 Å². The number of hydrogen-bond donors (Lipinski definition) is 7. The number of imide groups is 1. The number of urea groups is 1. The third kappa shape index (κ3) is 16.9. The summed E-state index contributed by atoms with van der Waals surface area (Å²) in [6.45, 7) is 24.5. The predicted octanol–water partition coefficient (Wildman–Crippen LogP) is 10.0. The molecule has 6 atom stereocenters. The number of amides is 7. The number of aromatic nitrogens is 6. The van der Waals surface area contributed by atoms with E-state index in [9.17, 15) is 43.1 Å². The number of rotatable bonds is 29. The van der Waals surface area contributed by atoms with Gasteiger partial charge in [0.1, 0.15) is 36.8 Å². The highest BCUT2D eigenvalue weighted by molar-refractivity contribution is 7.22. The lowest BCUT2D eigenvalue weighted by molar-refractivity contribution is -0.930. The van der Waals surface area contributed by atoms with Crippen molar-refractivity contribution in [3.05, 3.63) is 94.7 Å². The summed E-state index contributed by atoms with van der Waals surface area (Å²) in [4.78, 5) is 103. The second-order valence-corrected chi connectivity index (χ2v) is 31.5. The van der Waals surface area contributed by atoms with Crippen LogP contribution in [0.5, 0.6) is 0 Å². The van der Waals surface area contributed by atoms with Gasteiger partial charge in [-0.05, 0) is 143 Å². The number of carbonyl (C=O) groups excluding carboxylic acids is 6. The summed E-state index contributed by atoms with van der Waals surface area (Å²) in [5.74, 6) is -2.52. The number of thiazole rings is 1. The molecule has 2 aliphatic carbocycles. The molecular formula is C73H97FN15O10S+. The molecule has 5 aliphatic rings. The minimum atomic E-state index is -1.15. The molecule has 7 heterocycles. The van der Waals surface area contributed by atoms with Crippen molar-refractivity contribution in [1.82, 2.24) is 50.8 Å². The van der Waals surface area contributed by atoms with E-state index in [1.807, 2.05) is 55.1 Å². The van der Waals surface area contributed by atoms with Crippen molar-refractivity contribution in [3.8, 4) is 11.1 Å². The first kappa shape index (κ1) is 72.7. The van der Waals surface area contributed by atoms with Gasteiger partial charge in [-0.15, -0.1) is 10.2 Å². The van der Waals surface area contributed by atoms with Gasteiger partial charge in [-0.1, -0.05) is 65.0 Å². The highest BCUT2D eigenvalue weighted by Gasteiger charge is 2.58. The van der Waals surface area contributed by atoms with Crippen molar-refractivity contribution in [1.29, 1.82) is 0 Å². The molecule has 100 heavy (non-hydrogen) atoms. The van der Waals surface area contributed by atoms with E-state index < -0.39 is 47.4 Å². The number of carbonyl (C=O) groups is 7. The summed E-state index contributed by atoms with van der Waals surface area (Å²) in [6, 6.07) is 13.3. The summed E-state index contributed by atoms with van der Waals surface area (Å²) in [7, 11) is 0. The molecule has 3 aliphatic heterocycles. The van der Waals surface area contributed by atoms with Gasteiger partial charge in [-0.2, -0.15) is 5.10 Å².